The van der Waals surface area contributed by atoms with Crippen molar-refractivity contribution in [1.29, 1.82) is 0 Å². The zero-order chi connectivity index (χ0) is 13.2. The Labute approximate surface area is 111 Å². The van der Waals surface area contributed by atoms with Crippen molar-refractivity contribution in [2.24, 2.45) is 0 Å². The van der Waals surface area contributed by atoms with Crippen LogP contribution in [0.2, 0.25) is 0 Å². The third-order valence-electron chi connectivity index (χ3n) is 4.24. The number of benzene rings is 1. The molecule has 98 valence electrons. The monoisotopic (exact) mass is 254 g/mol. The van der Waals surface area contributed by atoms with Crippen molar-refractivity contribution in [3.63, 3.8) is 0 Å². The lowest BCUT2D eigenvalue weighted by atomic mass is 9.76. The number of fused-ring (bicyclic) bond motifs is 2. The number of rotatable bonds is 0. The zero-order valence-electron chi connectivity index (χ0n) is 10.6. The molecular weight excluding hydrogens is 238 g/mol. The Balaban J connectivity index is 0.000000339. The SMILES string of the molecule is [N-]=[N+]=[N-].c1cc2c3c(c[nH]c3c1)C[C@H]1NCCC[C@H]21. The van der Waals surface area contributed by atoms with Gasteiger partial charge >= 0.3 is 0 Å². The van der Waals surface area contributed by atoms with Gasteiger partial charge in [0.15, 0.2) is 0 Å². The molecule has 2 heterocycles. The summed E-state index contributed by atoms with van der Waals surface area (Å²) < 4.78 is 0. The van der Waals surface area contributed by atoms with Crippen LogP contribution in [-0.4, -0.2) is 17.6 Å². The van der Waals surface area contributed by atoms with Gasteiger partial charge in [0.2, 0.25) is 0 Å². The van der Waals surface area contributed by atoms with Crippen molar-refractivity contribution in [3.8, 4) is 0 Å². The van der Waals surface area contributed by atoms with E-state index in [9.17, 15) is 0 Å². The van der Waals surface area contributed by atoms with Crippen molar-refractivity contribution >= 4 is 10.9 Å². The van der Waals surface area contributed by atoms with E-state index < -0.39 is 0 Å². The maximum Gasteiger partial charge on any atom is 0.0459 e. The number of hydrogen-bond donors (Lipinski definition) is 2. The summed E-state index contributed by atoms with van der Waals surface area (Å²) in [6, 6.07) is 7.37. The van der Waals surface area contributed by atoms with E-state index in [0.29, 0.717) is 6.04 Å². The van der Waals surface area contributed by atoms with Gasteiger partial charge < -0.3 is 21.4 Å². The molecule has 1 aliphatic heterocycles. The van der Waals surface area contributed by atoms with Crippen LogP contribution in [0.25, 0.3) is 26.9 Å². The van der Waals surface area contributed by atoms with Gasteiger partial charge in [0, 0.05) is 29.1 Å². The number of hydrogen-bond acceptors (Lipinski definition) is 1. The van der Waals surface area contributed by atoms with Crippen LogP contribution in [0.3, 0.4) is 0 Å². The first-order chi connectivity index (χ1) is 9.35. The van der Waals surface area contributed by atoms with Crippen molar-refractivity contribution in [2.75, 3.05) is 6.54 Å². The molecule has 0 saturated carbocycles. The minimum Gasteiger partial charge on any atom is -0.373 e. The van der Waals surface area contributed by atoms with Gasteiger partial charge in [0.1, 0.15) is 0 Å². The minimum absolute atomic E-state index is 0.669. The topological polar surface area (TPSA) is 86.5 Å². The Morgan fingerprint density at radius 2 is 2.11 bits per heavy atom. The predicted molar refractivity (Wildman–Crippen MR) is 75.8 cm³/mol. The molecule has 19 heavy (non-hydrogen) atoms. The van der Waals surface area contributed by atoms with Crippen LogP contribution in [0.1, 0.15) is 29.9 Å². The maximum absolute atomic E-state index is 6.75. The molecule has 1 saturated heterocycles. The average Bonchev–Trinajstić information content (AvgIpc) is 2.85. The summed E-state index contributed by atoms with van der Waals surface area (Å²) in [5.41, 5.74) is 17.9. The molecule has 5 heteroatoms. The molecule has 0 spiro atoms. The van der Waals surface area contributed by atoms with Gasteiger partial charge in [-0.15, -0.1) is 0 Å². The molecule has 1 aromatic carbocycles. The fourth-order valence-corrected chi connectivity index (χ4v) is 3.53. The molecular formula is C14H16N5-. The van der Waals surface area contributed by atoms with E-state index in [2.05, 4.69) is 34.7 Å². The molecule has 2 aliphatic rings. The second kappa shape index (κ2) is 4.96. The summed E-state index contributed by atoms with van der Waals surface area (Å²) in [5.74, 6) is 0.737. The highest BCUT2D eigenvalue weighted by atomic mass is 15.0. The Morgan fingerprint density at radius 3 is 2.95 bits per heavy atom. The number of aromatic nitrogens is 1. The summed E-state index contributed by atoms with van der Waals surface area (Å²) in [6.07, 6.45) is 6.06. The van der Waals surface area contributed by atoms with Crippen molar-refractivity contribution in [3.05, 3.63) is 51.5 Å². The van der Waals surface area contributed by atoms with Crippen LogP contribution >= 0.6 is 0 Å². The smallest absolute Gasteiger partial charge is 0.0459 e. The Hall–Kier alpha value is -1.97. The largest absolute Gasteiger partial charge is 0.373 e. The third-order valence-corrected chi connectivity index (χ3v) is 4.24. The van der Waals surface area contributed by atoms with Gasteiger partial charge in [-0.25, -0.2) is 0 Å². The van der Waals surface area contributed by atoms with Crippen LogP contribution in [0.15, 0.2) is 24.4 Å². The second-order valence-electron chi connectivity index (χ2n) is 5.19. The maximum atomic E-state index is 6.75. The van der Waals surface area contributed by atoms with E-state index >= 15 is 0 Å². The summed E-state index contributed by atoms with van der Waals surface area (Å²) in [5, 5.41) is 5.19. The zero-order valence-corrected chi connectivity index (χ0v) is 10.6. The lowest BCUT2D eigenvalue weighted by Crippen LogP contribution is -2.43. The Bertz CT molecular complexity index is 624. The van der Waals surface area contributed by atoms with Gasteiger partial charge in [0.05, 0.1) is 0 Å². The molecule has 2 atom stereocenters. The number of aromatic amines is 1. The Morgan fingerprint density at radius 1 is 1.26 bits per heavy atom. The Kier molecular flexibility index (Phi) is 3.15. The molecule has 0 unspecified atom stereocenters. The minimum atomic E-state index is 0.669. The predicted octanol–water partition coefficient (Wildman–Crippen LogP) is 3.43. The highest BCUT2D eigenvalue weighted by Gasteiger charge is 2.32. The van der Waals surface area contributed by atoms with Gasteiger partial charge in [-0.3, -0.25) is 4.91 Å². The van der Waals surface area contributed by atoms with E-state index in [1.54, 1.807) is 5.56 Å². The molecule has 1 aromatic heterocycles. The lowest BCUT2D eigenvalue weighted by molar-refractivity contribution is 0.345. The highest BCUT2D eigenvalue weighted by Crippen LogP contribution is 2.40. The van der Waals surface area contributed by atoms with E-state index in [1.807, 2.05) is 0 Å². The van der Waals surface area contributed by atoms with Crippen LogP contribution in [0.5, 0.6) is 0 Å². The van der Waals surface area contributed by atoms with E-state index in [0.717, 1.165) is 5.92 Å². The quantitative estimate of drug-likeness (QED) is 0.421. The summed E-state index contributed by atoms with van der Waals surface area (Å²) in [6.45, 7) is 1.19. The first-order valence-electron chi connectivity index (χ1n) is 6.66. The molecule has 0 amide bonds. The molecule has 2 N–H and O–H groups in total. The van der Waals surface area contributed by atoms with Gasteiger partial charge in [-0.1, -0.05) is 12.1 Å². The molecule has 2 aromatic rings. The standard InChI is InChI=1S/C14H16N2.N3/c1-3-11-10-4-2-6-15-13(10)7-9-8-16-12(5-1)14(9)11;1-3-2/h1,3,5,8,10,13,15-16H,2,4,6-7H2;/q;-1/t10-,13-;/m1./s1. The molecule has 5 nitrogen and oxygen atoms in total. The van der Waals surface area contributed by atoms with Crippen molar-refractivity contribution < 1.29 is 0 Å². The molecule has 1 aliphatic carbocycles. The average molecular weight is 254 g/mol. The lowest BCUT2D eigenvalue weighted by Gasteiger charge is -2.36. The van der Waals surface area contributed by atoms with E-state index in [1.165, 1.54) is 47.2 Å². The van der Waals surface area contributed by atoms with Crippen LogP contribution < -0.4 is 5.32 Å². The molecule has 0 radical (unpaired) electrons. The molecule has 4 rings (SSSR count). The third kappa shape index (κ3) is 1.97. The van der Waals surface area contributed by atoms with Crippen molar-refractivity contribution in [2.45, 2.75) is 31.2 Å². The van der Waals surface area contributed by atoms with E-state index in [4.69, 9.17) is 11.1 Å². The number of nitrogens with zero attached hydrogens (tertiary/aromatic N) is 3. The van der Waals surface area contributed by atoms with Crippen LogP contribution in [-0.2, 0) is 6.42 Å². The summed E-state index contributed by atoms with van der Waals surface area (Å²) >= 11 is 0. The number of nitrogens with one attached hydrogen (secondary N) is 2. The number of H-pyrrole nitrogens is 1. The number of piperidine rings is 1. The highest BCUT2D eigenvalue weighted by molar-refractivity contribution is 5.88. The molecule has 1 fully saturated rings. The van der Waals surface area contributed by atoms with Crippen LogP contribution in [0.4, 0.5) is 0 Å². The van der Waals surface area contributed by atoms with Gasteiger partial charge in [-0.2, -0.15) is 0 Å². The fourth-order valence-electron chi connectivity index (χ4n) is 3.53. The first-order valence-corrected chi connectivity index (χ1v) is 6.66. The molecule has 0 bridgehead atoms. The van der Waals surface area contributed by atoms with Gasteiger partial charge in [-0.05, 0) is 43.0 Å². The van der Waals surface area contributed by atoms with E-state index in [-0.39, 0.29) is 0 Å². The normalized spacial score (nSPS) is 24.0. The fraction of sp³-hybridized carbons (Fsp3) is 0.429. The first kappa shape index (κ1) is 12.1. The van der Waals surface area contributed by atoms with Crippen LogP contribution in [0, 0.1) is 0 Å². The summed E-state index contributed by atoms with van der Waals surface area (Å²) in [7, 11) is 0. The van der Waals surface area contributed by atoms with Gasteiger partial charge in [0.25, 0.3) is 0 Å². The second-order valence-corrected chi connectivity index (χ2v) is 5.19. The summed E-state index contributed by atoms with van der Waals surface area (Å²) in [4.78, 5) is 4.90. The van der Waals surface area contributed by atoms with Crippen molar-refractivity contribution in [1.82, 2.24) is 10.3 Å².